The lowest BCUT2D eigenvalue weighted by Gasteiger charge is -2.20. The Morgan fingerprint density at radius 3 is 2.83 bits per heavy atom. The van der Waals surface area contributed by atoms with E-state index < -0.39 is 0 Å². The Morgan fingerprint density at radius 2 is 2.04 bits per heavy atom. The SMILES string of the molecule is COC[C@@H]1CCN(c2cc(-c3ccccc3)nc3cc(C)nn23)C1. The monoisotopic (exact) mass is 322 g/mol. The van der Waals surface area contributed by atoms with Crippen molar-refractivity contribution in [2.45, 2.75) is 13.3 Å². The largest absolute Gasteiger partial charge is 0.384 e. The lowest BCUT2D eigenvalue weighted by Crippen LogP contribution is -2.24. The number of rotatable bonds is 4. The molecule has 1 aliphatic heterocycles. The summed E-state index contributed by atoms with van der Waals surface area (Å²) in [6.07, 6.45) is 1.15. The maximum atomic E-state index is 5.33. The number of nitrogens with zero attached hydrogens (tertiary/aromatic N) is 4. The van der Waals surface area contributed by atoms with E-state index >= 15 is 0 Å². The first-order valence-corrected chi connectivity index (χ1v) is 8.41. The van der Waals surface area contributed by atoms with Crippen LogP contribution in [0.2, 0.25) is 0 Å². The molecule has 0 radical (unpaired) electrons. The maximum absolute atomic E-state index is 5.33. The fourth-order valence-corrected chi connectivity index (χ4v) is 3.47. The summed E-state index contributed by atoms with van der Waals surface area (Å²) in [5.41, 5.74) is 4.02. The predicted octanol–water partition coefficient (Wildman–Crippen LogP) is 3.18. The van der Waals surface area contributed by atoms with E-state index in [4.69, 9.17) is 9.72 Å². The first-order valence-electron chi connectivity index (χ1n) is 8.41. The van der Waals surface area contributed by atoms with Crippen LogP contribution in [0.15, 0.2) is 42.5 Å². The number of aromatic nitrogens is 3. The number of hydrogen-bond donors (Lipinski definition) is 0. The quantitative estimate of drug-likeness (QED) is 0.740. The first kappa shape index (κ1) is 15.1. The zero-order valence-corrected chi connectivity index (χ0v) is 14.1. The van der Waals surface area contributed by atoms with Crippen molar-refractivity contribution in [1.29, 1.82) is 0 Å². The minimum absolute atomic E-state index is 0.579. The molecule has 3 aromatic rings. The van der Waals surface area contributed by atoms with Gasteiger partial charge in [0.1, 0.15) is 5.82 Å². The van der Waals surface area contributed by atoms with E-state index in [1.165, 1.54) is 0 Å². The first-order chi connectivity index (χ1) is 11.7. The number of anilines is 1. The third-order valence-electron chi connectivity index (χ3n) is 4.61. The molecule has 24 heavy (non-hydrogen) atoms. The number of hydrogen-bond acceptors (Lipinski definition) is 4. The van der Waals surface area contributed by atoms with Gasteiger partial charge >= 0.3 is 0 Å². The van der Waals surface area contributed by atoms with Crippen LogP contribution in [-0.2, 0) is 4.74 Å². The van der Waals surface area contributed by atoms with Gasteiger partial charge < -0.3 is 9.64 Å². The Bertz CT molecular complexity index is 843. The van der Waals surface area contributed by atoms with Gasteiger partial charge in [-0.1, -0.05) is 30.3 Å². The van der Waals surface area contributed by atoms with Crippen molar-refractivity contribution >= 4 is 11.5 Å². The number of ether oxygens (including phenoxy) is 1. The van der Waals surface area contributed by atoms with Gasteiger partial charge in [0, 0.05) is 43.8 Å². The average molecular weight is 322 g/mol. The third kappa shape index (κ3) is 2.76. The van der Waals surface area contributed by atoms with Crippen molar-refractivity contribution in [3.05, 3.63) is 48.2 Å². The summed E-state index contributed by atoms with van der Waals surface area (Å²) in [6.45, 7) is 4.85. The van der Waals surface area contributed by atoms with Crippen LogP contribution in [0.5, 0.6) is 0 Å². The number of benzene rings is 1. The molecule has 0 aliphatic carbocycles. The standard InChI is InChI=1S/C19H22N4O/c1-14-10-18-20-17(16-6-4-3-5-7-16)11-19(23(18)21-14)22-9-8-15(12-22)13-24-2/h3-7,10-11,15H,8-9,12-13H2,1-2H3/t15-/m1/s1. The Labute approximate surface area is 141 Å². The topological polar surface area (TPSA) is 42.7 Å². The van der Waals surface area contributed by atoms with E-state index in [0.717, 1.165) is 54.5 Å². The van der Waals surface area contributed by atoms with Crippen molar-refractivity contribution < 1.29 is 4.74 Å². The molecule has 2 aromatic heterocycles. The molecule has 1 fully saturated rings. The molecule has 1 aromatic carbocycles. The molecule has 5 heteroatoms. The van der Waals surface area contributed by atoms with Crippen LogP contribution in [0, 0.1) is 12.8 Å². The minimum atomic E-state index is 0.579. The zero-order chi connectivity index (χ0) is 16.5. The van der Waals surface area contributed by atoms with Gasteiger partial charge in [0.25, 0.3) is 0 Å². The zero-order valence-electron chi connectivity index (χ0n) is 14.1. The number of fused-ring (bicyclic) bond motifs is 1. The van der Waals surface area contributed by atoms with Crippen molar-refractivity contribution in [1.82, 2.24) is 14.6 Å². The Hall–Kier alpha value is -2.40. The second kappa shape index (κ2) is 6.24. The van der Waals surface area contributed by atoms with Crippen molar-refractivity contribution in [2.24, 2.45) is 5.92 Å². The van der Waals surface area contributed by atoms with Gasteiger partial charge in [-0.2, -0.15) is 9.61 Å². The molecule has 1 atom stereocenters. The fraction of sp³-hybridized carbons (Fsp3) is 0.368. The predicted molar refractivity (Wildman–Crippen MR) is 95.4 cm³/mol. The average Bonchev–Trinajstić information content (AvgIpc) is 3.20. The smallest absolute Gasteiger partial charge is 0.158 e. The van der Waals surface area contributed by atoms with E-state index in [9.17, 15) is 0 Å². The lowest BCUT2D eigenvalue weighted by atomic mass is 10.1. The van der Waals surface area contributed by atoms with E-state index in [1.807, 2.05) is 35.7 Å². The van der Waals surface area contributed by atoms with Gasteiger partial charge in [0.2, 0.25) is 0 Å². The molecule has 1 saturated heterocycles. The van der Waals surface area contributed by atoms with Gasteiger partial charge in [-0.15, -0.1) is 0 Å². The normalized spacial score (nSPS) is 17.8. The molecule has 1 aliphatic rings. The molecule has 3 heterocycles. The van der Waals surface area contributed by atoms with Crippen LogP contribution in [-0.4, -0.2) is 41.4 Å². The van der Waals surface area contributed by atoms with Crippen LogP contribution in [0.25, 0.3) is 16.9 Å². The van der Waals surface area contributed by atoms with E-state index in [0.29, 0.717) is 5.92 Å². The van der Waals surface area contributed by atoms with E-state index in [-0.39, 0.29) is 0 Å². The van der Waals surface area contributed by atoms with Crippen LogP contribution in [0.3, 0.4) is 0 Å². The Morgan fingerprint density at radius 1 is 1.21 bits per heavy atom. The summed E-state index contributed by atoms with van der Waals surface area (Å²) in [4.78, 5) is 7.20. The highest BCUT2D eigenvalue weighted by Crippen LogP contribution is 2.28. The summed E-state index contributed by atoms with van der Waals surface area (Å²) in [5, 5.41) is 4.64. The van der Waals surface area contributed by atoms with Crippen LogP contribution in [0.4, 0.5) is 5.82 Å². The molecule has 0 saturated carbocycles. The molecule has 4 rings (SSSR count). The maximum Gasteiger partial charge on any atom is 0.158 e. The van der Waals surface area contributed by atoms with Crippen LogP contribution >= 0.6 is 0 Å². The molecule has 0 unspecified atom stereocenters. The molecular weight excluding hydrogens is 300 g/mol. The Balaban J connectivity index is 1.79. The highest BCUT2D eigenvalue weighted by molar-refractivity contribution is 5.67. The van der Waals surface area contributed by atoms with Crippen molar-refractivity contribution in [3.8, 4) is 11.3 Å². The minimum Gasteiger partial charge on any atom is -0.384 e. The summed E-state index contributed by atoms with van der Waals surface area (Å²) in [6, 6.07) is 14.5. The third-order valence-corrected chi connectivity index (χ3v) is 4.61. The van der Waals surface area contributed by atoms with Crippen LogP contribution < -0.4 is 4.90 Å². The van der Waals surface area contributed by atoms with Crippen molar-refractivity contribution in [3.63, 3.8) is 0 Å². The van der Waals surface area contributed by atoms with Gasteiger partial charge in [-0.25, -0.2) is 4.98 Å². The van der Waals surface area contributed by atoms with Gasteiger partial charge in [-0.3, -0.25) is 0 Å². The van der Waals surface area contributed by atoms with Gasteiger partial charge in [-0.05, 0) is 13.3 Å². The lowest BCUT2D eigenvalue weighted by molar-refractivity contribution is 0.161. The molecule has 0 spiro atoms. The highest BCUT2D eigenvalue weighted by Gasteiger charge is 2.25. The molecule has 0 bridgehead atoms. The molecule has 0 N–H and O–H groups in total. The summed E-state index contributed by atoms with van der Waals surface area (Å²) >= 11 is 0. The Kier molecular flexibility index (Phi) is 3.94. The molecular formula is C19H22N4O. The van der Waals surface area contributed by atoms with Crippen molar-refractivity contribution in [2.75, 3.05) is 31.7 Å². The second-order valence-corrected chi connectivity index (χ2v) is 6.48. The van der Waals surface area contributed by atoms with E-state index in [1.54, 1.807) is 7.11 Å². The number of methoxy groups -OCH3 is 1. The molecule has 5 nitrogen and oxygen atoms in total. The molecule has 0 amide bonds. The van der Waals surface area contributed by atoms with Gasteiger partial charge in [0.05, 0.1) is 18.0 Å². The van der Waals surface area contributed by atoms with E-state index in [2.05, 4.69) is 28.2 Å². The summed E-state index contributed by atoms with van der Waals surface area (Å²) in [5.74, 6) is 1.70. The molecule has 124 valence electrons. The summed E-state index contributed by atoms with van der Waals surface area (Å²) in [7, 11) is 1.78. The second-order valence-electron chi connectivity index (χ2n) is 6.48. The fourth-order valence-electron chi connectivity index (χ4n) is 3.47. The van der Waals surface area contributed by atoms with Gasteiger partial charge in [0.15, 0.2) is 5.65 Å². The highest BCUT2D eigenvalue weighted by atomic mass is 16.5. The van der Waals surface area contributed by atoms with Crippen LogP contribution in [0.1, 0.15) is 12.1 Å². The summed E-state index contributed by atoms with van der Waals surface area (Å²) < 4.78 is 7.30. The number of aryl methyl sites for hydroxylation is 1.